The highest BCUT2D eigenvalue weighted by molar-refractivity contribution is 7.13. The second-order valence-electron chi connectivity index (χ2n) is 6.96. The third-order valence-corrected chi connectivity index (χ3v) is 5.79. The number of halogens is 2. The number of nitrogens with zero attached hydrogens (tertiary/aromatic N) is 4. The lowest BCUT2D eigenvalue weighted by Gasteiger charge is -2.20. The number of nitrogens with two attached hydrogens (primary N) is 1. The zero-order chi connectivity index (χ0) is 20.1. The van der Waals surface area contributed by atoms with Gasteiger partial charge in [-0.25, -0.2) is 9.67 Å². The van der Waals surface area contributed by atoms with Gasteiger partial charge in [0.1, 0.15) is 5.01 Å². The van der Waals surface area contributed by atoms with E-state index >= 15 is 0 Å². The monoisotopic (exact) mass is 469 g/mol. The Morgan fingerprint density at radius 2 is 1.83 bits per heavy atom. The molecule has 1 aromatic carbocycles. The molecule has 6 nitrogen and oxygen atoms in total. The Balaban J connectivity index is 0.00000225. The molecule has 2 heterocycles. The zero-order valence-corrected chi connectivity index (χ0v) is 19.9. The van der Waals surface area contributed by atoms with Crippen LogP contribution in [0.4, 0.5) is 0 Å². The van der Waals surface area contributed by atoms with Gasteiger partial charge in [-0.1, -0.05) is 30.3 Å². The summed E-state index contributed by atoms with van der Waals surface area (Å²) in [5.41, 5.74) is 10.4. The molecular formula is C21H29Cl2N5OS. The quantitative estimate of drug-likeness (QED) is 0.546. The van der Waals surface area contributed by atoms with E-state index in [1.807, 2.05) is 25.3 Å². The fourth-order valence-corrected chi connectivity index (χ4v) is 4.11. The Kier molecular flexibility index (Phi) is 10.7. The van der Waals surface area contributed by atoms with Gasteiger partial charge in [0, 0.05) is 38.6 Å². The number of aromatic nitrogens is 3. The first-order valence-electron chi connectivity index (χ1n) is 9.45. The van der Waals surface area contributed by atoms with Gasteiger partial charge in [-0.3, -0.25) is 9.69 Å². The van der Waals surface area contributed by atoms with E-state index < -0.39 is 0 Å². The molecule has 9 heteroatoms. The normalized spacial score (nSPS) is 10.6. The Hall–Kier alpha value is -1.77. The third kappa shape index (κ3) is 6.36. The summed E-state index contributed by atoms with van der Waals surface area (Å²) >= 11 is 1.51. The fourth-order valence-electron chi connectivity index (χ4n) is 3.21. The smallest absolute Gasteiger partial charge is 0.277 e. The van der Waals surface area contributed by atoms with E-state index in [-0.39, 0.29) is 30.4 Å². The molecule has 0 saturated carbocycles. The third-order valence-electron chi connectivity index (χ3n) is 4.88. The lowest BCUT2D eigenvalue weighted by atomic mass is 10.1. The van der Waals surface area contributed by atoms with E-state index in [4.69, 9.17) is 10.7 Å². The fraction of sp³-hybridized carbons (Fsp3) is 0.381. The van der Waals surface area contributed by atoms with Gasteiger partial charge in [-0.15, -0.1) is 36.2 Å². The van der Waals surface area contributed by atoms with Gasteiger partial charge in [-0.2, -0.15) is 5.10 Å². The van der Waals surface area contributed by atoms with Gasteiger partial charge in [0.15, 0.2) is 0 Å². The summed E-state index contributed by atoms with van der Waals surface area (Å²) in [6.45, 7) is 6.91. The topological polar surface area (TPSA) is 77.0 Å². The number of hydrogen-bond donors (Lipinski definition) is 1. The van der Waals surface area contributed by atoms with E-state index in [0.717, 1.165) is 48.0 Å². The van der Waals surface area contributed by atoms with E-state index in [9.17, 15) is 4.79 Å². The van der Waals surface area contributed by atoms with Gasteiger partial charge >= 0.3 is 0 Å². The summed E-state index contributed by atoms with van der Waals surface area (Å²) in [5, 5.41) is 7.05. The minimum absolute atomic E-state index is 0. The molecule has 2 N–H and O–H groups in total. The van der Waals surface area contributed by atoms with E-state index in [0.29, 0.717) is 12.1 Å². The number of thiazole rings is 1. The minimum atomic E-state index is -0.105. The Morgan fingerprint density at radius 1 is 1.13 bits per heavy atom. The molecule has 2 aromatic heterocycles. The average Bonchev–Trinajstić information content (AvgIpc) is 3.14. The van der Waals surface area contributed by atoms with Crippen LogP contribution in [0.1, 0.15) is 22.5 Å². The van der Waals surface area contributed by atoms with Gasteiger partial charge in [0.05, 0.1) is 17.0 Å². The molecule has 0 aliphatic heterocycles. The van der Waals surface area contributed by atoms with Crippen molar-refractivity contribution in [2.24, 2.45) is 12.8 Å². The standard InChI is InChI=1S/C21H27N5OS.2ClH/c1-15-16(2)24-25(3)21(27)19(15)20-23-18(14-28-20)13-26(12-10-22)11-9-17-7-5-4-6-8-17;;/h4-8,14H,9-13,22H2,1-3H3;2*1H. The molecule has 0 radical (unpaired) electrons. The molecule has 0 bridgehead atoms. The lowest BCUT2D eigenvalue weighted by Crippen LogP contribution is -2.31. The van der Waals surface area contributed by atoms with Crippen molar-refractivity contribution in [2.75, 3.05) is 19.6 Å². The van der Waals surface area contributed by atoms with Crippen molar-refractivity contribution in [2.45, 2.75) is 26.8 Å². The first-order chi connectivity index (χ1) is 13.5. The average molecular weight is 470 g/mol. The lowest BCUT2D eigenvalue weighted by molar-refractivity contribution is 0.274. The van der Waals surface area contributed by atoms with Crippen LogP contribution >= 0.6 is 36.2 Å². The van der Waals surface area contributed by atoms with Crippen LogP contribution in [0.5, 0.6) is 0 Å². The highest BCUT2D eigenvalue weighted by atomic mass is 35.5. The van der Waals surface area contributed by atoms with Crippen molar-refractivity contribution in [3.8, 4) is 10.6 Å². The van der Waals surface area contributed by atoms with Crippen LogP contribution < -0.4 is 11.3 Å². The van der Waals surface area contributed by atoms with E-state index in [2.05, 4.69) is 34.3 Å². The van der Waals surface area contributed by atoms with Crippen molar-refractivity contribution in [3.05, 3.63) is 68.6 Å². The van der Waals surface area contributed by atoms with E-state index in [1.54, 1.807) is 7.05 Å². The van der Waals surface area contributed by atoms with Crippen molar-refractivity contribution in [1.29, 1.82) is 0 Å². The summed E-state index contributed by atoms with van der Waals surface area (Å²) in [6, 6.07) is 10.5. The Labute approximate surface area is 194 Å². The molecule has 0 atom stereocenters. The van der Waals surface area contributed by atoms with Crippen LogP contribution in [0.2, 0.25) is 0 Å². The molecule has 0 unspecified atom stereocenters. The zero-order valence-electron chi connectivity index (χ0n) is 17.5. The SMILES string of the molecule is Cc1nn(C)c(=O)c(-c2nc(CN(CCN)CCc3ccccc3)cs2)c1C.Cl.Cl. The molecule has 164 valence electrons. The number of aryl methyl sites for hydroxylation is 2. The maximum atomic E-state index is 12.6. The van der Waals surface area contributed by atoms with Crippen LogP contribution in [0.25, 0.3) is 10.6 Å². The number of hydrogen-bond acceptors (Lipinski definition) is 6. The maximum Gasteiger partial charge on any atom is 0.277 e. The van der Waals surface area contributed by atoms with Gasteiger partial charge in [-0.05, 0) is 31.4 Å². The maximum absolute atomic E-state index is 12.6. The number of rotatable bonds is 8. The van der Waals surface area contributed by atoms with Crippen molar-refractivity contribution >= 4 is 36.2 Å². The van der Waals surface area contributed by atoms with Gasteiger partial charge in [0.2, 0.25) is 0 Å². The molecule has 0 aliphatic carbocycles. The van der Waals surface area contributed by atoms with Crippen molar-refractivity contribution in [1.82, 2.24) is 19.7 Å². The summed E-state index contributed by atoms with van der Waals surface area (Å²) in [7, 11) is 1.68. The van der Waals surface area contributed by atoms with Crippen LogP contribution in [-0.2, 0) is 20.0 Å². The minimum Gasteiger partial charge on any atom is -0.329 e. The Bertz CT molecular complexity index is 991. The molecule has 3 aromatic rings. The molecular weight excluding hydrogens is 441 g/mol. The highest BCUT2D eigenvalue weighted by Gasteiger charge is 2.17. The summed E-state index contributed by atoms with van der Waals surface area (Å²) < 4.78 is 1.39. The van der Waals surface area contributed by atoms with Crippen molar-refractivity contribution in [3.63, 3.8) is 0 Å². The Morgan fingerprint density at radius 3 is 2.50 bits per heavy atom. The largest absolute Gasteiger partial charge is 0.329 e. The first kappa shape index (κ1) is 26.3. The molecule has 0 fully saturated rings. The van der Waals surface area contributed by atoms with Crippen LogP contribution in [0.15, 0.2) is 40.5 Å². The van der Waals surface area contributed by atoms with Gasteiger partial charge < -0.3 is 5.73 Å². The summed E-state index contributed by atoms with van der Waals surface area (Å²) in [5.74, 6) is 0. The second-order valence-corrected chi connectivity index (χ2v) is 7.82. The second kappa shape index (κ2) is 12.2. The first-order valence-corrected chi connectivity index (χ1v) is 10.3. The molecule has 0 spiro atoms. The van der Waals surface area contributed by atoms with Crippen LogP contribution in [0.3, 0.4) is 0 Å². The highest BCUT2D eigenvalue weighted by Crippen LogP contribution is 2.25. The van der Waals surface area contributed by atoms with Gasteiger partial charge in [0.25, 0.3) is 5.56 Å². The molecule has 30 heavy (non-hydrogen) atoms. The molecule has 0 amide bonds. The summed E-state index contributed by atoms with van der Waals surface area (Å²) in [4.78, 5) is 19.6. The number of benzene rings is 1. The van der Waals surface area contributed by atoms with Crippen LogP contribution in [0, 0.1) is 13.8 Å². The van der Waals surface area contributed by atoms with E-state index in [1.165, 1.54) is 21.6 Å². The predicted octanol–water partition coefficient (Wildman–Crippen LogP) is 3.37. The summed E-state index contributed by atoms with van der Waals surface area (Å²) in [6.07, 6.45) is 0.973. The molecule has 0 saturated heterocycles. The molecule has 3 rings (SSSR count). The predicted molar refractivity (Wildman–Crippen MR) is 129 cm³/mol. The van der Waals surface area contributed by atoms with Crippen LogP contribution in [-0.4, -0.2) is 39.3 Å². The molecule has 0 aliphatic rings. The van der Waals surface area contributed by atoms with Crippen molar-refractivity contribution < 1.29 is 0 Å².